The van der Waals surface area contributed by atoms with Gasteiger partial charge in [-0.3, -0.25) is 0 Å². The number of allylic oxidation sites excluding steroid dienone is 1. The van der Waals surface area contributed by atoms with E-state index in [4.69, 9.17) is 0 Å². The van der Waals surface area contributed by atoms with Crippen LogP contribution in [0.1, 0.15) is 65.2 Å². The van der Waals surface area contributed by atoms with Gasteiger partial charge in [0.05, 0.1) is 0 Å². The molecule has 0 heterocycles. The maximum Gasteiger partial charge on any atom is 0.00930 e. The molecule has 1 saturated carbocycles. The Morgan fingerprint density at radius 2 is 2.12 bits per heavy atom. The van der Waals surface area contributed by atoms with Crippen LogP contribution in [0, 0.1) is 11.8 Å². The third kappa shape index (κ3) is 4.13. The molecule has 0 saturated heterocycles. The number of hydrogen-bond donors (Lipinski definition) is 1. The summed E-state index contributed by atoms with van der Waals surface area (Å²) in [6.45, 7) is 6.03. The SMILES string of the molecule is CC1CCC(NCCC2=CCCCC2)C(C)C1. The number of hydrogen-bond acceptors (Lipinski definition) is 1. The molecule has 0 aromatic carbocycles. The van der Waals surface area contributed by atoms with Gasteiger partial charge in [-0.1, -0.05) is 25.5 Å². The Balaban J connectivity index is 1.66. The van der Waals surface area contributed by atoms with E-state index >= 15 is 0 Å². The van der Waals surface area contributed by atoms with Crippen LogP contribution in [0.4, 0.5) is 0 Å². The average Bonchev–Trinajstić information content (AvgIpc) is 2.33. The minimum Gasteiger partial charge on any atom is -0.313 e. The van der Waals surface area contributed by atoms with Crippen molar-refractivity contribution in [3.05, 3.63) is 11.6 Å². The standard InChI is InChI=1S/C16H29N/c1-13-8-9-16(14(2)12-13)17-11-10-15-6-4-3-5-7-15/h6,13-14,16-17H,3-5,7-12H2,1-2H3. The van der Waals surface area contributed by atoms with Crippen LogP contribution in [0.5, 0.6) is 0 Å². The van der Waals surface area contributed by atoms with Crippen molar-refractivity contribution in [2.24, 2.45) is 11.8 Å². The Bertz CT molecular complexity index is 256. The molecule has 2 aliphatic carbocycles. The molecule has 0 spiro atoms. The first-order valence-electron chi connectivity index (χ1n) is 7.67. The molecule has 2 aliphatic rings. The van der Waals surface area contributed by atoms with E-state index in [0.717, 1.165) is 17.9 Å². The molecule has 0 radical (unpaired) electrons. The summed E-state index contributed by atoms with van der Waals surface area (Å²) in [7, 11) is 0. The maximum atomic E-state index is 3.80. The topological polar surface area (TPSA) is 12.0 Å². The molecule has 0 amide bonds. The third-order valence-electron chi connectivity index (χ3n) is 4.67. The lowest BCUT2D eigenvalue weighted by atomic mass is 9.80. The first kappa shape index (κ1) is 13.1. The van der Waals surface area contributed by atoms with Crippen molar-refractivity contribution in [1.29, 1.82) is 0 Å². The molecule has 1 N–H and O–H groups in total. The van der Waals surface area contributed by atoms with E-state index in [1.54, 1.807) is 5.57 Å². The van der Waals surface area contributed by atoms with Crippen LogP contribution < -0.4 is 5.32 Å². The highest BCUT2D eigenvalue weighted by molar-refractivity contribution is 5.05. The van der Waals surface area contributed by atoms with E-state index < -0.39 is 0 Å². The maximum absolute atomic E-state index is 3.80. The Kier molecular flexibility index (Phi) is 5.09. The largest absolute Gasteiger partial charge is 0.313 e. The van der Waals surface area contributed by atoms with Crippen LogP contribution in [0.2, 0.25) is 0 Å². The monoisotopic (exact) mass is 235 g/mol. The summed E-state index contributed by atoms with van der Waals surface area (Å²) in [5, 5.41) is 3.80. The molecule has 17 heavy (non-hydrogen) atoms. The molecule has 0 aromatic rings. The fraction of sp³-hybridized carbons (Fsp3) is 0.875. The van der Waals surface area contributed by atoms with E-state index in [-0.39, 0.29) is 0 Å². The molecule has 1 fully saturated rings. The summed E-state index contributed by atoms with van der Waals surface area (Å²) >= 11 is 0. The summed E-state index contributed by atoms with van der Waals surface area (Å²) in [5.74, 6) is 1.82. The summed E-state index contributed by atoms with van der Waals surface area (Å²) < 4.78 is 0. The Morgan fingerprint density at radius 1 is 1.24 bits per heavy atom. The fourth-order valence-corrected chi connectivity index (χ4v) is 3.52. The van der Waals surface area contributed by atoms with Crippen LogP contribution >= 0.6 is 0 Å². The van der Waals surface area contributed by atoms with Gasteiger partial charge in [-0.15, -0.1) is 0 Å². The average molecular weight is 235 g/mol. The predicted octanol–water partition coefficient (Wildman–Crippen LogP) is 4.29. The molecule has 3 atom stereocenters. The first-order valence-corrected chi connectivity index (χ1v) is 7.67. The molecular weight excluding hydrogens is 206 g/mol. The van der Waals surface area contributed by atoms with Gasteiger partial charge in [-0.25, -0.2) is 0 Å². The van der Waals surface area contributed by atoms with Gasteiger partial charge in [0.25, 0.3) is 0 Å². The second kappa shape index (κ2) is 6.58. The zero-order valence-electron chi connectivity index (χ0n) is 11.7. The summed E-state index contributed by atoms with van der Waals surface area (Å²) in [4.78, 5) is 0. The summed E-state index contributed by atoms with van der Waals surface area (Å²) in [5.41, 5.74) is 1.71. The number of rotatable bonds is 4. The van der Waals surface area contributed by atoms with Crippen LogP contribution in [-0.2, 0) is 0 Å². The minimum atomic E-state index is 0.787. The van der Waals surface area contributed by atoms with Crippen molar-refractivity contribution in [2.75, 3.05) is 6.54 Å². The Labute approximate surface area is 107 Å². The van der Waals surface area contributed by atoms with Gasteiger partial charge < -0.3 is 5.32 Å². The van der Waals surface area contributed by atoms with Crippen molar-refractivity contribution >= 4 is 0 Å². The first-order chi connectivity index (χ1) is 8.25. The van der Waals surface area contributed by atoms with Gasteiger partial charge in [0.15, 0.2) is 0 Å². The highest BCUT2D eigenvalue weighted by Crippen LogP contribution is 2.28. The van der Waals surface area contributed by atoms with E-state index in [2.05, 4.69) is 25.2 Å². The quantitative estimate of drug-likeness (QED) is 0.717. The lowest BCUT2D eigenvalue weighted by Crippen LogP contribution is -2.39. The smallest absolute Gasteiger partial charge is 0.00930 e. The van der Waals surface area contributed by atoms with Crippen LogP contribution in [0.25, 0.3) is 0 Å². The Morgan fingerprint density at radius 3 is 2.82 bits per heavy atom. The minimum absolute atomic E-state index is 0.787. The highest BCUT2D eigenvalue weighted by Gasteiger charge is 2.24. The Hall–Kier alpha value is -0.300. The van der Waals surface area contributed by atoms with Crippen molar-refractivity contribution in [2.45, 2.75) is 71.3 Å². The third-order valence-corrected chi connectivity index (χ3v) is 4.67. The molecule has 1 heteroatoms. The zero-order chi connectivity index (χ0) is 12.1. The highest BCUT2D eigenvalue weighted by atomic mass is 14.9. The summed E-state index contributed by atoms with van der Waals surface area (Å²) in [6.07, 6.45) is 13.5. The van der Waals surface area contributed by atoms with E-state index in [1.807, 2.05) is 0 Å². The molecule has 2 rings (SSSR count). The normalized spacial score (nSPS) is 34.5. The van der Waals surface area contributed by atoms with Crippen molar-refractivity contribution in [3.8, 4) is 0 Å². The molecule has 98 valence electrons. The van der Waals surface area contributed by atoms with Crippen molar-refractivity contribution in [1.82, 2.24) is 5.32 Å². The van der Waals surface area contributed by atoms with Gasteiger partial charge in [0.2, 0.25) is 0 Å². The van der Waals surface area contributed by atoms with Gasteiger partial charge in [0.1, 0.15) is 0 Å². The summed E-state index contributed by atoms with van der Waals surface area (Å²) in [6, 6.07) is 0.787. The van der Waals surface area contributed by atoms with Gasteiger partial charge in [-0.2, -0.15) is 0 Å². The predicted molar refractivity (Wildman–Crippen MR) is 75.1 cm³/mol. The van der Waals surface area contributed by atoms with E-state index in [9.17, 15) is 0 Å². The van der Waals surface area contributed by atoms with Crippen LogP contribution in [0.15, 0.2) is 11.6 Å². The van der Waals surface area contributed by atoms with Gasteiger partial charge in [0, 0.05) is 6.04 Å². The lowest BCUT2D eigenvalue weighted by Gasteiger charge is -2.33. The van der Waals surface area contributed by atoms with Crippen LogP contribution in [-0.4, -0.2) is 12.6 Å². The zero-order valence-corrected chi connectivity index (χ0v) is 11.7. The molecule has 1 nitrogen and oxygen atoms in total. The fourth-order valence-electron chi connectivity index (χ4n) is 3.52. The van der Waals surface area contributed by atoms with Gasteiger partial charge in [-0.05, 0) is 69.7 Å². The van der Waals surface area contributed by atoms with E-state index in [1.165, 1.54) is 57.9 Å². The number of nitrogens with one attached hydrogen (secondary N) is 1. The van der Waals surface area contributed by atoms with Crippen molar-refractivity contribution in [3.63, 3.8) is 0 Å². The van der Waals surface area contributed by atoms with Gasteiger partial charge >= 0.3 is 0 Å². The second-order valence-electron chi connectivity index (χ2n) is 6.31. The molecule has 0 bridgehead atoms. The molecule has 0 aromatic heterocycles. The lowest BCUT2D eigenvalue weighted by molar-refractivity contribution is 0.229. The van der Waals surface area contributed by atoms with E-state index in [0.29, 0.717) is 0 Å². The van der Waals surface area contributed by atoms with Crippen molar-refractivity contribution < 1.29 is 0 Å². The second-order valence-corrected chi connectivity index (χ2v) is 6.31. The molecule has 0 aliphatic heterocycles. The molecule has 3 unspecified atom stereocenters. The molecular formula is C16H29N. The van der Waals surface area contributed by atoms with Crippen LogP contribution in [0.3, 0.4) is 0 Å².